The minimum absolute atomic E-state index is 0.400. The van der Waals surface area contributed by atoms with E-state index < -0.39 is 6.23 Å². The zero-order valence-corrected chi connectivity index (χ0v) is 16.9. The van der Waals surface area contributed by atoms with E-state index in [2.05, 4.69) is 20.6 Å². The summed E-state index contributed by atoms with van der Waals surface area (Å²) in [7, 11) is 1.61. The number of aryl methyl sites for hydroxylation is 2. The number of aliphatic hydroxyl groups is 1. The molecule has 2 aromatic carbocycles. The van der Waals surface area contributed by atoms with Crippen LogP contribution in [0.1, 0.15) is 17.0 Å². The predicted octanol–water partition coefficient (Wildman–Crippen LogP) is 3.99. The van der Waals surface area contributed by atoms with Crippen LogP contribution in [0.25, 0.3) is 22.8 Å². The molecule has 0 fully saturated rings. The van der Waals surface area contributed by atoms with E-state index in [9.17, 15) is 5.11 Å². The van der Waals surface area contributed by atoms with E-state index in [4.69, 9.17) is 13.8 Å². The highest BCUT2D eigenvalue weighted by Crippen LogP contribution is 2.26. The molecular formula is C22H22N4O4. The molecule has 30 heavy (non-hydrogen) atoms. The number of nitrogens with zero attached hydrogens (tertiary/aromatic N) is 3. The lowest BCUT2D eigenvalue weighted by atomic mass is 10.1. The number of methoxy groups -OCH3 is 1. The normalized spacial score (nSPS) is 12.0. The van der Waals surface area contributed by atoms with Crippen LogP contribution < -0.4 is 10.1 Å². The second kappa shape index (κ2) is 8.38. The first-order chi connectivity index (χ1) is 14.5. The Morgan fingerprint density at radius 2 is 1.83 bits per heavy atom. The molecule has 4 aromatic rings. The molecule has 154 valence electrons. The summed E-state index contributed by atoms with van der Waals surface area (Å²) >= 11 is 0. The van der Waals surface area contributed by atoms with Crippen LogP contribution in [0.4, 0.5) is 5.69 Å². The SMILES string of the molecule is COc1cccc(-c2nc(-c3ccc(NC(O)Cc4c(C)noc4C)cc3)no2)c1. The van der Waals surface area contributed by atoms with Crippen molar-refractivity contribution in [3.63, 3.8) is 0 Å². The Labute approximate surface area is 173 Å². The van der Waals surface area contributed by atoms with E-state index in [1.807, 2.05) is 62.4 Å². The fourth-order valence-electron chi connectivity index (χ4n) is 3.16. The molecule has 8 nitrogen and oxygen atoms in total. The van der Waals surface area contributed by atoms with Crippen LogP contribution in [-0.2, 0) is 6.42 Å². The molecule has 8 heteroatoms. The van der Waals surface area contributed by atoms with Crippen molar-refractivity contribution < 1.29 is 18.9 Å². The van der Waals surface area contributed by atoms with Crippen molar-refractivity contribution in [1.29, 1.82) is 0 Å². The van der Waals surface area contributed by atoms with Crippen LogP contribution in [0, 0.1) is 13.8 Å². The second-order valence-corrected chi connectivity index (χ2v) is 6.90. The zero-order chi connectivity index (χ0) is 21.1. The molecule has 4 rings (SSSR count). The quantitative estimate of drug-likeness (QED) is 0.444. The molecular weight excluding hydrogens is 384 g/mol. The van der Waals surface area contributed by atoms with Gasteiger partial charge in [-0.05, 0) is 56.3 Å². The molecule has 0 spiro atoms. The van der Waals surface area contributed by atoms with Crippen LogP contribution in [0.2, 0.25) is 0 Å². The van der Waals surface area contributed by atoms with Crippen LogP contribution in [0.5, 0.6) is 5.75 Å². The van der Waals surface area contributed by atoms with Gasteiger partial charge < -0.3 is 24.2 Å². The van der Waals surface area contributed by atoms with Gasteiger partial charge in [0.05, 0.1) is 12.8 Å². The number of hydrogen-bond donors (Lipinski definition) is 2. The summed E-state index contributed by atoms with van der Waals surface area (Å²) < 4.78 is 15.8. The van der Waals surface area contributed by atoms with Gasteiger partial charge >= 0.3 is 0 Å². The number of ether oxygens (including phenoxy) is 1. The number of benzene rings is 2. The minimum atomic E-state index is -0.766. The highest BCUT2D eigenvalue weighted by Gasteiger charge is 2.15. The average Bonchev–Trinajstić information content (AvgIpc) is 3.37. The molecule has 2 N–H and O–H groups in total. The van der Waals surface area contributed by atoms with E-state index in [0.717, 1.165) is 33.8 Å². The van der Waals surface area contributed by atoms with E-state index in [1.165, 1.54) is 0 Å². The van der Waals surface area contributed by atoms with Crippen LogP contribution in [0.15, 0.2) is 57.6 Å². The largest absolute Gasteiger partial charge is 0.497 e. The summed E-state index contributed by atoms with van der Waals surface area (Å²) in [5, 5.41) is 21.4. The lowest BCUT2D eigenvalue weighted by Gasteiger charge is -2.14. The molecule has 2 heterocycles. The molecule has 0 aliphatic heterocycles. The number of aromatic nitrogens is 3. The van der Waals surface area contributed by atoms with Gasteiger partial charge in [-0.15, -0.1) is 0 Å². The highest BCUT2D eigenvalue weighted by molar-refractivity contribution is 5.63. The van der Waals surface area contributed by atoms with Crippen LogP contribution >= 0.6 is 0 Å². The highest BCUT2D eigenvalue weighted by atomic mass is 16.5. The fourth-order valence-corrected chi connectivity index (χ4v) is 3.16. The summed E-state index contributed by atoms with van der Waals surface area (Å²) in [5.74, 6) is 2.34. The number of hydrogen-bond acceptors (Lipinski definition) is 8. The third-order valence-corrected chi connectivity index (χ3v) is 4.80. The number of aliphatic hydroxyl groups excluding tert-OH is 1. The number of nitrogens with one attached hydrogen (secondary N) is 1. The molecule has 2 aromatic heterocycles. The Hall–Kier alpha value is -3.65. The number of rotatable bonds is 7. The Bertz CT molecular complexity index is 1110. The third kappa shape index (κ3) is 4.18. The van der Waals surface area contributed by atoms with Crippen molar-refractivity contribution in [2.45, 2.75) is 26.5 Å². The van der Waals surface area contributed by atoms with Crippen molar-refractivity contribution in [2.75, 3.05) is 12.4 Å². The van der Waals surface area contributed by atoms with E-state index in [0.29, 0.717) is 23.9 Å². The monoisotopic (exact) mass is 406 g/mol. The topological polar surface area (TPSA) is 106 Å². The van der Waals surface area contributed by atoms with Gasteiger partial charge in [0.1, 0.15) is 17.7 Å². The summed E-state index contributed by atoms with van der Waals surface area (Å²) in [6.07, 6.45) is -0.366. The van der Waals surface area contributed by atoms with Gasteiger partial charge in [0.15, 0.2) is 0 Å². The van der Waals surface area contributed by atoms with Gasteiger partial charge in [-0.25, -0.2) is 0 Å². The maximum absolute atomic E-state index is 10.4. The minimum Gasteiger partial charge on any atom is -0.497 e. The standard InChI is InChI=1S/C22H22N4O4/c1-13-19(14(2)29-25-13)12-20(27)23-17-9-7-15(8-10-17)21-24-22(30-26-21)16-5-4-6-18(11-16)28-3/h4-11,20,23,27H,12H2,1-3H3. The second-order valence-electron chi connectivity index (χ2n) is 6.90. The predicted molar refractivity (Wildman–Crippen MR) is 111 cm³/mol. The Morgan fingerprint density at radius 1 is 1.03 bits per heavy atom. The molecule has 0 aliphatic rings. The van der Waals surface area contributed by atoms with Gasteiger partial charge in [-0.3, -0.25) is 0 Å². The lowest BCUT2D eigenvalue weighted by molar-refractivity contribution is 0.203. The van der Waals surface area contributed by atoms with E-state index in [1.54, 1.807) is 7.11 Å². The van der Waals surface area contributed by atoms with Gasteiger partial charge in [0.25, 0.3) is 5.89 Å². The molecule has 0 radical (unpaired) electrons. The lowest BCUT2D eigenvalue weighted by Crippen LogP contribution is -2.21. The molecule has 0 saturated heterocycles. The van der Waals surface area contributed by atoms with Gasteiger partial charge in [-0.1, -0.05) is 16.4 Å². The first kappa shape index (κ1) is 19.7. The van der Waals surface area contributed by atoms with Crippen molar-refractivity contribution in [2.24, 2.45) is 0 Å². The van der Waals surface area contributed by atoms with Crippen LogP contribution in [-0.4, -0.2) is 33.7 Å². The van der Waals surface area contributed by atoms with Crippen molar-refractivity contribution in [3.8, 4) is 28.6 Å². The van der Waals surface area contributed by atoms with Crippen LogP contribution in [0.3, 0.4) is 0 Å². The number of anilines is 1. The van der Waals surface area contributed by atoms with Gasteiger partial charge in [0.2, 0.25) is 5.82 Å². The maximum atomic E-state index is 10.4. The summed E-state index contributed by atoms with van der Waals surface area (Å²) in [6.45, 7) is 3.69. The van der Waals surface area contributed by atoms with E-state index >= 15 is 0 Å². The Morgan fingerprint density at radius 3 is 2.53 bits per heavy atom. The molecule has 1 atom stereocenters. The Kier molecular flexibility index (Phi) is 5.49. The smallest absolute Gasteiger partial charge is 0.258 e. The Balaban J connectivity index is 1.44. The summed E-state index contributed by atoms with van der Waals surface area (Å²) in [5.41, 5.74) is 4.05. The molecule has 0 saturated carbocycles. The van der Waals surface area contributed by atoms with Crippen molar-refractivity contribution >= 4 is 5.69 Å². The summed E-state index contributed by atoms with van der Waals surface area (Å²) in [6, 6.07) is 14.9. The van der Waals surface area contributed by atoms with Crippen molar-refractivity contribution in [1.82, 2.24) is 15.3 Å². The third-order valence-electron chi connectivity index (χ3n) is 4.80. The molecule has 0 bridgehead atoms. The zero-order valence-electron chi connectivity index (χ0n) is 16.9. The van der Waals surface area contributed by atoms with Gasteiger partial charge in [0, 0.05) is 28.8 Å². The first-order valence-corrected chi connectivity index (χ1v) is 9.48. The average molecular weight is 406 g/mol. The summed E-state index contributed by atoms with van der Waals surface area (Å²) in [4.78, 5) is 4.47. The fraction of sp³-hybridized carbons (Fsp3) is 0.227. The van der Waals surface area contributed by atoms with Gasteiger partial charge in [-0.2, -0.15) is 4.98 Å². The molecule has 0 aliphatic carbocycles. The van der Waals surface area contributed by atoms with E-state index in [-0.39, 0.29) is 0 Å². The maximum Gasteiger partial charge on any atom is 0.258 e. The molecule has 1 unspecified atom stereocenters. The first-order valence-electron chi connectivity index (χ1n) is 9.48. The van der Waals surface area contributed by atoms with Crippen molar-refractivity contribution in [3.05, 3.63) is 65.5 Å². The molecule has 0 amide bonds.